The van der Waals surface area contributed by atoms with E-state index in [2.05, 4.69) is 51.6 Å². The SMILES string of the molecule is Cc1ccc(C(CNc2cn[nH]c(=O)c2Cl)N2CCOCC2)cc1. The maximum absolute atomic E-state index is 11.6. The molecule has 0 spiro atoms. The van der Waals surface area contributed by atoms with Crippen LogP contribution in [0.5, 0.6) is 0 Å². The van der Waals surface area contributed by atoms with Crippen molar-refractivity contribution in [3.05, 3.63) is 57.0 Å². The van der Waals surface area contributed by atoms with Gasteiger partial charge in [-0.05, 0) is 12.5 Å². The summed E-state index contributed by atoms with van der Waals surface area (Å²) in [5, 5.41) is 9.53. The molecule has 7 heteroatoms. The van der Waals surface area contributed by atoms with Crippen LogP contribution in [0.4, 0.5) is 5.69 Å². The zero-order chi connectivity index (χ0) is 16.9. The number of halogens is 1. The molecule has 2 aromatic rings. The van der Waals surface area contributed by atoms with Gasteiger partial charge in [0.15, 0.2) is 0 Å². The number of hydrogen-bond acceptors (Lipinski definition) is 5. The molecule has 1 saturated heterocycles. The highest BCUT2D eigenvalue weighted by Gasteiger charge is 2.23. The van der Waals surface area contributed by atoms with Gasteiger partial charge in [-0.15, -0.1) is 0 Å². The second-order valence-corrected chi connectivity index (χ2v) is 6.26. The Kier molecular flexibility index (Phi) is 5.50. The van der Waals surface area contributed by atoms with E-state index in [9.17, 15) is 4.79 Å². The highest BCUT2D eigenvalue weighted by atomic mass is 35.5. The number of morpholine rings is 1. The topological polar surface area (TPSA) is 70.2 Å². The zero-order valence-corrected chi connectivity index (χ0v) is 14.3. The molecule has 3 rings (SSSR count). The van der Waals surface area contributed by atoms with Crippen LogP contribution in [0.25, 0.3) is 0 Å². The molecule has 1 aliphatic rings. The minimum absolute atomic E-state index is 0.134. The first-order chi connectivity index (χ1) is 11.6. The summed E-state index contributed by atoms with van der Waals surface area (Å²) in [5.41, 5.74) is 2.61. The molecule has 1 aromatic carbocycles. The first kappa shape index (κ1) is 17.0. The largest absolute Gasteiger partial charge is 0.380 e. The molecule has 1 aromatic heterocycles. The van der Waals surface area contributed by atoms with Crippen molar-refractivity contribution in [3.63, 3.8) is 0 Å². The Morgan fingerprint density at radius 1 is 1.33 bits per heavy atom. The number of rotatable bonds is 5. The van der Waals surface area contributed by atoms with Crippen molar-refractivity contribution in [2.45, 2.75) is 13.0 Å². The highest BCUT2D eigenvalue weighted by Crippen LogP contribution is 2.24. The Labute approximate surface area is 145 Å². The van der Waals surface area contributed by atoms with E-state index in [-0.39, 0.29) is 16.6 Å². The molecule has 1 atom stereocenters. The van der Waals surface area contributed by atoms with Crippen molar-refractivity contribution in [1.29, 1.82) is 0 Å². The fourth-order valence-electron chi connectivity index (χ4n) is 2.85. The van der Waals surface area contributed by atoms with Crippen LogP contribution in [0.2, 0.25) is 5.02 Å². The summed E-state index contributed by atoms with van der Waals surface area (Å²) in [6.45, 7) is 5.93. The number of hydrogen-bond donors (Lipinski definition) is 2. The molecular weight excluding hydrogens is 328 g/mol. The van der Waals surface area contributed by atoms with Gasteiger partial charge < -0.3 is 10.1 Å². The predicted molar refractivity (Wildman–Crippen MR) is 94.7 cm³/mol. The maximum atomic E-state index is 11.6. The van der Waals surface area contributed by atoms with Gasteiger partial charge in [0.2, 0.25) is 0 Å². The van der Waals surface area contributed by atoms with E-state index in [1.807, 2.05) is 0 Å². The Balaban J connectivity index is 1.80. The predicted octanol–water partition coefficient (Wildman–Crippen LogP) is 2.22. The Morgan fingerprint density at radius 3 is 2.75 bits per heavy atom. The molecule has 2 N–H and O–H groups in total. The normalized spacial score (nSPS) is 16.8. The van der Waals surface area contributed by atoms with Gasteiger partial charge in [-0.2, -0.15) is 5.10 Å². The van der Waals surface area contributed by atoms with Gasteiger partial charge in [-0.25, -0.2) is 5.10 Å². The van der Waals surface area contributed by atoms with Crippen LogP contribution in [0.1, 0.15) is 17.2 Å². The minimum atomic E-state index is -0.389. The van der Waals surface area contributed by atoms with Gasteiger partial charge in [0.05, 0.1) is 31.1 Å². The molecule has 1 fully saturated rings. The summed E-state index contributed by atoms with van der Waals surface area (Å²) in [4.78, 5) is 14.0. The first-order valence-corrected chi connectivity index (χ1v) is 8.38. The molecule has 1 aliphatic heterocycles. The quantitative estimate of drug-likeness (QED) is 0.867. The molecule has 0 radical (unpaired) electrons. The molecular formula is C17H21ClN4O2. The third-order valence-electron chi connectivity index (χ3n) is 4.23. The highest BCUT2D eigenvalue weighted by molar-refractivity contribution is 6.32. The number of nitrogens with zero attached hydrogens (tertiary/aromatic N) is 2. The number of aromatic nitrogens is 2. The van der Waals surface area contributed by atoms with Crippen LogP contribution in [0.3, 0.4) is 0 Å². The van der Waals surface area contributed by atoms with Crippen LogP contribution < -0.4 is 10.9 Å². The van der Waals surface area contributed by atoms with Crippen molar-refractivity contribution >= 4 is 17.3 Å². The smallest absolute Gasteiger partial charge is 0.285 e. The number of aryl methyl sites for hydroxylation is 1. The summed E-state index contributed by atoms with van der Waals surface area (Å²) in [7, 11) is 0. The monoisotopic (exact) mass is 348 g/mol. The van der Waals surface area contributed by atoms with Gasteiger partial charge in [-0.3, -0.25) is 9.69 Å². The molecule has 1 unspecified atom stereocenters. The number of nitrogens with one attached hydrogen (secondary N) is 2. The van der Waals surface area contributed by atoms with Crippen LogP contribution >= 0.6 is 11.6 Å². The van der Waals surface area contributed by atoms with Gasteiger partial charge in [-0.1, -0.05) is 41.4 Å². The molecule has 0 aliphatic carbocycles. The lowest BCUT2D eigenvalue weighted by Crippen LogP contribution is -2.41. The lowest BCUT2D eigenvalue weighted by molar-refractivity contribution is 0.0187. The average molecular weight is 349 g/mol. The van der Waals surface area contributed by atoms with E-state index in [0.717, 1.165) is 26.3 Å². The number of H-pyrrole nitrogens is 1. The Morgan fingerprint density at radius 2 is 2.04 bits per heavy atom. The first-order valence-electron chi connectivity index (χ1n) is 8.00. The Bertz CT molecular complexity index is 726. The summed E-state index contributed by atoms with van der Waals surface area (Å²) in [6.07, 6.45) is 1.54. The molecule has 24 heavy (non-hydrogen) atoms. The maximum Gasteiger partial charge on any atom is 0.285 e. The van der Waals surface area contributed by atoms with Crippen LogP contribution in [-0.2, 0) is 4.74 Å². The lowest BCUT2D eigenvalue weighted by Gasteiger charge is -2.35. The van der Waals surface area contributed by atoms with Crippen molar-refractivity contribution < 1.29 is 4.74 Å². The number of ether oxygens (including phenoxy) is 1. The minimum Gasteiger partial charge on any atom is -0.380 e. The van der Waals surface area contributed by atoms with Crippen molar-refractivity contribution in [1.82, 2.24) is 15.1 Å². The van der Waals surface area contributed by atoms with Crippen LogP contribution in [0.15, 0.2) is 35.3 Å². The Hall–Kier alpha value is -1.89. The molecule has 6 nitrogen and oxygen atoms in total. The van der Waals surface area contributed by atoms with Crippen molar-refractivity contribution in [2.75, 3.05) is 38.2 Å². The molecule has 0 saturated carbocycles. The van der Waals surface area contributed by atoms with Crippen molar-refractivity contribution in [2.24, 2.45) is 0 Å². The average Bonchev–Trinajstić information content (AvgIpc) is 2.61. The standard InChI is InChI=1S/C17H21ClN4O2/c1-12-2-4-13(5-3-12)15(22-6-8-24-9-7-22)11-19-14-10-20-21-17(23)16(14)18/h2-5,10,15H,6-9,11H2,1H3,(H2,19,21,23). The van der Waals surface area contributed by atoms with Gasteiger partial charge in [0, 0.05) is 19.6 Å². The van der Waals surface area contributed by atoms with Crippen molar-refractivity contribution in [3.8, 4) is 0 Å². The van der Waals surface area contributed by atoms with E-state index in [1.165, 1.54) is 17.3 Å². The lowest BCUT2D eigenvalue weighted by atomic mass is 10.0. The number of aromatic amines is 1. The number of anilines is 1. The van der Waals surface area contributed by atoms with E-state index in [1.54, 1.807) is 0 Å². The summed E-state index contributed by atoms with van der Waals surface area (Å²) in [5.74, 6) is 0. The third-order valence-corrected chi connectivity index (χ3v) is 4.61. The van der Waals surface area contributed by atoms with Crippen LogP contribution in [-0.4, -0.2) is 47.9 Å². The summed E-state index contributed by atoms with van der Waals surface area (Å²) in [6, 6.07) is 8.70. The number of benzene rings is 1. The fourth-order valence-corrected chi connectivity index (χ4v) is 3.01. The molecule has 2 heterocycles. The summed E-state index contributed by atoms with van der Waals surface area (Å²) < 4.78 is 5.46. The van der Waals surface area contributed by atoms with E-state index in [0.29, 0.717) is 12.2 Å². The third kappa shape index (κ3) is 3.95. The van der Waals surface area contributed by atoms with Gasteiger partial charge in [0.25, 0.3) is 5.56 Å². The van der Waals surface area contributed by atoms with Gasteiger partial charge in [0.1, 0.15) is 5.02 Å². The van der Waals surface area contributed by atoms with Gasteiger partial charge >= 0.3 is 0 Å². The van der Waals surface area contributed by atoms with E-state index < -0.39 is 0 Å². The fraction of sp³-hybridized carbons (Fsp3) is 0.412. The van der Waals surface area contributed by atoms with E-state index in [4.69, 9.17) is 16.3 Å². The molecule has 128 valence electrons. The van der Waals surface area contributed by atoms with Crippen LogP contribution in [0, 0.1) is 6.92 Å². The van der Waals surface area contributed by atoms with E-state index >= 15 is 0 Å². The molecule has 0 amide bonds. The second kappa shape index (κ2) is 7.79. The zero-order valence-electron chi connectivity index (χ0n) is 13.6. The second-order valence-electron chi connectivity index (χ2n) is 5.88. The molecule has 0 bridgehead atoms. The summed E-state index contributed by atoms with van der Waals surface area (Å²) >= 11 is 6.05.